The molecule has 4 nitrogen and oxygen atoms in total. The van der Waals surface area contributed by atoms with E-state index in [1.807, 2.05) is 24.3 Å². The summed E-state index contributed by atoms with van der Waals surface area (Å²) in [7, 11) is 0. The maximum absolute atomic E-state index is 12.3. The average molecular weight is 273 g/mol. The van der Waals surface area contributed by atoms with Crippen LogP contribution >= 0.6 is 0 Å². The molecule has 4 heteroatoms. The number of rotatable bonds is 3. The fourth-order valence-electron chi connectivity index (χ4n) is 3.38. The lowest BCUT2D eigenvalue weighted by Crippen LogP contribution is -2.48. The van der Waals surface area contributed by atoms with Gasteiger partial charge in [0.1, 0.15) is 0 Å². The molecule has 106 valence electrons. The predicted octanol–water partition coefficient (Wildman–Crippen LogP) is 2.09. The van der Waals surface area contributed by atoms with E-state index in [0.29, 0.717) is 6.42 Å². The Labute approximate surface area is 118 Å². The molecule has 1 amide bonds. The minimum Gasteiger partial charge on any atom is -0.481 e. The number of fused-ring (bicyclic) bond motifs is 1. The second-order valence-electron chi connectivity index (χ2n) is 5.80. The second-order valence-corrected chi connectivity index (χ2v) is 5.80. The zero-order valence-corrected chi connectivity index (χ0v) is 11.3. The summed E-state index contributed by atoms with van der Waals surface area (Å²) in [5.74, 6) is -1.32. The minimum absolute atomic E-state index is 0.0122. The van der Waals surface area contributed by atoms with Gasteiger partial charge in [-0.25, -0.2) is 0 Å². The quantitative estimate of drug-likeness (QED) is 0.886. The SMILES string of the molecule is O=C(NC1CCCCC1C(=O)O)C1Cc2ccccc21. The van der Waals surface area contributed by atoms with Gasteiger partial charge in [0.05, 0.1) is 11.8 Å². The van der Waals surface area contributed by atoms with Crippen molar-refractivity contribution < 1.29 is 14.7 Å². The van der Waals surface area contributed by atoms with Crippen molar-refractivity contribution in [3.63, 3.8) is 0 Å². The van der Waals surface area contributed by atoms with E-state index in [0.717, 1.165) is 31.2 Å². The van der Waals surface area contributed by atoms with Gasteiger partial charge in [0.15, 0.2) is 0 Å². The van der Waals surface area contributed by atoms with E-state index < -0.39 is 11.9 Å². The van der Waals surface area contributed by atoms with Crippen molar-refractivity contribution in [2.24, 2.45) is 5.92 Å². The molecule has 0 aromatic heterocycles. The largest absolute Gasteiger partial charge is 0.481 e. The van der Waals surface area contributed by atoms with Crippen molar-refractivity contribution >= 4 is 11.9 Å². The summed E-state index contributed by atoms with van der Waals surface area (Å²) in [4.78, 5) is 23.6. The smallest absolute Gasteiger partial charge is 0.308 e. The minimum atomic E-state index is -0.788. The van der Waals surface area contributed by atoms with Gasteiger partial charge in [0, 0.05) is 6.04 Å². The summed E-state index contributed by atoms with van der Waals surface area (Å²) in [5, 5.41) is 12.2. The van der Waals surface area contributed by atoms with E-state index in [2.05, 4.69) is 5.32 Å². The molecule has 1 fully saturated rings. The first-order valence-electron chi connectivity index (χ1n) is 7.28. The Balaban J connectivity index is 1.66. The number of carbonyl (C=O) groups excluding carboxylic acids is 1. The van der Waals surface area contributed by atoms with Gasteiger partial charge in [0.25, 0.3) is 0 Å². The summed E-state index contributed by atoms with van der Waals surface area (Å²) >= 11 is 0. The Hall–Kier alpha value is -1.84. The van der Waals surface area contributed by atoms with E-state index in [1.165, 1.54) is 5.56 Å². The first-order valence-corrected chi connectivity index (χ1v) is 7.28. The van der Waals surface area contributed by atoms with Crippen LogP contribution in [0.15, 0.2) is 24.3 Å². The Morgan fingerprint density at radius 3 is 2.65 bits per heavy atom. The molecule has 0 heterocycles. The Morgan fingerprint density at radius 1 is 1.15 bits per heavy atom. The van der Waals surface area contributed by atoms with Gasteiger partial charge >= 0.3 is 5.97 Å². The summed E-state index contributed by atoms with van der Waals surface area (Å²) in [6.45, 7) is 0. The number of hydrogen-bond acceptors (Lipinski definition) is 2. The third-order valence-electron chi connectivity index (χ3n) is 4.58. The Bertz CT molecular complexity index is 540. The molecule has 2 N–H and O–H groups in total. The number of nitrogens with one attached hydrogen (secondary N) is 1. The third-order valence-corrected chi connectivity index (χ3v) is 4.58. The van der Waals surface area contributed by atoms with E-state index in [-0.39, 0.29) is 17.9 Å². The standard InChI is InChI=1S/C16H19NO3/c18-15(13-9-10-5-1-2-6-11(10)13)17-14-8-4-3-7-12(14)16(19)20/h1-2,5-6,12-14H,3-4,7-9H2,(H,17,18)(H,19,20). The summed E-state index contributed by atoms with van der Waals surface area (Å²) < 4.78 is 0. The van der Waals surface area contributed by atoms with Crippen molar-refractivity contribution in [1.29, 1.82) is 0 Å². The molecule has 3 unspecified atom stereocenters. The maximum atomic E-state index is 12.3. The molecule has 2 aliphatic rings. The van der Waals surface area contributed by atoms with E-state index in [9.17, 15) is 14.7 Å². The highest BCUT2D eigenvalue weighted by Gasteiger charge is 2.36. The maximum Gasteiger partial charge on any atom is 0.308 e. The highest BCUT2D eigenvalue weighted by molar-refractivity contribution is 5.87. The predicted molar refractivity (Wildman–Crippen MR) is 74.4 cm³/mol. The van der Waals surface area contributed by atoms with Crippen LogP contribution in [-0.4, -0.2) is 23.0 Å². The zero-order valence-electron chi connectivity index (χ0n) is 11.3. The Morgan fingerprint density at radius 2 is 1.90 bits per heavy atom. The van der Waals surface area contributed by atoms with Gasteiger partial charge < -0.3 is 10.4 Å². The molecule has 1 saturated carbocycles. The average Bonchev–Trinajstić information content (AvgIpc) is 2.40. The molecular weight excluding hydrogens is 254 g/mol. The van der Waals surface area contributed by atoms with Crippen molar-refractivity contribution in [2.75, 3.05) is 0 Å². The van der Waals surface area contributed by atoms with Crippen LogP contribution in [0.5, 0.6) is 0 Å². The molecule has 0 saturated heterocycles. The number of hydrogen-bond donors (Lipinski definition) is 2. The van der Waals surface area contributed by atoms with Crippen LogP contribution in [0.4, 0.5) is 0 Å². The van der Waals surface area contributed by atoms with E-state index >= 15 is 0 Å². The molecule has 0 spiro atoms. The van der Waals surface area contributed by atoms with Crippen LogP contribution in [0, 0.1) is 5.92 Å². The normalized spacial score (nSPS) is 28.1. The van der Waals surface area contributed by atoms with Crippen LogP contribution in [0.3, 0.4) is 0 Å². The van der Waals surface area contributed by atoms with Crippen molar-refractivity contribution in [3.8, 4) is 0 Å². The van der Waals surface area contributed by atoms with Crippen molar-refractivity contribution in [2.45, 2.75) is 44.1 Å². The molecule has 3 atom stereocenters. The first-order chi connectivity index (χ1) is 9.66. The third kappa shape index (κ3) is 2.30. The van der Waals surface area contributed by atoms with Gasteiger partial charge in [-0.2, -0.15) is 0 Å². The summed E-state index contributed by atoms with van der Waals surface area (Å²) in [6.07, 6.45) is 4.15. The summed E-state index contributed by atoms with van der Waals surface area (Å²) in [6, 6.07) is 7.74. The molecule has 0 bridgehead atoms. The first kappa shape index (κ1) is 13.2. The van der Waals surface area contributed by atoms with Crippen LogP contribution in [0.2, 0.25) is 0 Å². The molecule has 3 rings (SSSR count). The molecular formula is C16H19NO3. The van der Waals surface area contributed by atoms with E-state index in [4.69, 9.17) is 0 Å². The highest BCUT2D eigenvalue weighted by Crippen LogP contribution is 2.35. The van der Waals surface area contributed by atoms with E-state index in [1.54, 1.807) is 0 Å². The van der Waals surface area contributed by atoms with Gasteiger partial charge in [-0.3, -0.25) is 9.59 Å². The molecule has 0 aliphatic heterocycles. The fraction of sp³-hybridized carbons (Fsp3) is 0.500. The van der Waals surface area contributed by atoms with Gasteiger partial charge in [-0.1, -0.05) is 37.1 Å². The number of carbonyl (C=O) groups is 2. The van der Waals surface area contributed by atoms with Crippen LogP contribution in [0.25, 0.3) is 0 Å². The number of amides is 1. The van der Waals surface area contributed by atoms with Crippen LogP contribution in [-0.2, 0) is 16.0 Å². The zero-order chi connectivity index (χ0) is 14.1. The lowest BCUT2D eigenvalue weighted by molar-refractivity contribution is -0.144. The van der Waals surface area contributed by atoms with Crippen molar-refractivity contribution in [1.82, 2.24) is 5.32 Å². The van der Waals surface area contributed by atoms with Gasteiger partial charge in [-0.15, -0.1) is 0 Å². The fourth-order valence-corrected chi connectivity index (χ4v) is 3.38. The summed E-state index contributed by atoms with van der Waals surface area (Å²) in [5.41, 5.74) is 2.32. The number of carboxylic acid groups (broad SMARTS) is 1. The number of aliphatic carboxylic acids is 1. The van der Waals surface area contributed by atoms with Gasteiger partial charge in [0.2, 0.25) is 5.91 Å². The van der Waals surface area contributed by atoms with Crippen molar-refractivity contribution in [3.05, 3.63) is 35.4 Å². The number of carboxylic acids is 1. The topological polar surface area (TPSA) is 66.4 Å². The van der Waals surface area contributed by atoms with Crippen LogP contribution in [0.1, 0.15) is 42.7 Å². The van der Waals surface area contributed by atoms with Crippen LogP contribution < -0.4 is 5.32 Å². The molecule has 0 radical (unpaired) electrons. The molecule has 20 heavy (non-hydrogen) atoms. The molecule has 1 aromatic rings. The number of benzene rings is 1. The van der Waals surface area contributed by atoms with Gasteiger partial charge in [-0.05, 0) is 30.4 Å². The monoisotopic (exact) mass is 273 g/mol. The lowest BCUT2D eigenvalue weighted by atomic mass is 9.76. The molecule has 2 aliphatic carbocycles. The second kappa shape index (κ2) is 5.27. The molecule has 1 aromatic carbocycles. The highest BCUT2D eigenvalue weighted by atomic mass is 16.4. The Kier molecular flexibility index (Phi) is 3.47. The lowest BCUT2D eigenvalue weighted by Gasteiger charge is -2.34.